The number of methoxy groups -OCH3 is 1. The van der Waals surface area contributed by atoms with Gasteiger partial charge in [0.2, 0.25) is 0 Å². The van der Waals surface area contributed by atoms with Gasteiger partial charge in [-0.25, -0.2) is 4.98 Å². The SMILES string of the molecule is COCCCOc1cc2c(nc1Cl)C(=O)CC(C(C)C)CO2. The topological polar surface area (TPSA) is 57.7 Å². The minimum atomic E-state index is -0.0287. The summed E-state index contributed by atoms with van der Waals surface area (Å²) in [6.07, 6.45) is 1.18. The molecule has 6 heteroatoms. The third kappa shape index (κ3) is 4.11. The number of hydrogen-bond acceptors (Lipinski definition) is 5. The third-order valence-corrected chi connectivity index (χ3v) is 4.04. The van der Waals surface area contributed by atoms with E-state index in [4.69, 9.17) is 25.8 Å². The average Bonchev–Trinajstić information content (AvgIpc) is 2.64. The Labute approximate surface area is 135 Å². The molecule has 22 heavy (non-hydrogen) atoms. The van der Waals surface area contributed by atoms with E-state index in [1.807, 2.05) is 0 Å². The van der Waals surface area contributed by atoms with E-state index in [1.165, 1.54) is 0 Å². The molecule has 1 aromatic rings. The van der Waals surface area contributed by atoms with E-state index in [1.54, 1.807) is 13.2 Å². The number of pyridine rings is 1. The highest BCUT2D eigenvalue weighted by Gasteiger charge is 2.28. The van der Waals surface area contributed by atoms with Crippen molar-refractivity contribution in [1.29, 1.82) is 0 Å². The molecule has 0 radical (unpaired) electrons. The highest BCUT2D eigenvalue weighted by Crippen LogP contribution is 2.34. The van der Waals surface area contributed by atoms with Crippen LogP contribution in [0.25, 0.3) is 0 Å². The Balaban J connectivity index is 2.15. The fourth-order valence-electron chi connectivity index (χ4n) is 2.27. The van der Waals surface area contributed by atoms with Crippen LogP contribution >= 0.6 is 11.6 Å². The van der Waals surface area contributed by atoms with Gasteiger partial charge in [0, 0.05) is 38.5 Å². The summed E-state index contributed by atoms with van der Waals surface area (Å²) < 4.78 is 16.3. The molecule has 1 aliphatic heterocycles. The van der Waals surface area contributed by atoms with Crippen molar-refractivity contribution >= 4 is 17.4 Å². The van der Waals surface area contributed by atoms with Crippen LogP contribution in [-0.2, 0) is 4.74 Å². The molecule has 1 atom stereocenters. The number of nitrogens with zero attached hydrogens (tertiary/aromatic N) is 1. The van der Waals surface area contributed by atoms with Crippen LogP contribution in [0.15, 0.2) is 6.07 Å². The summed E-state index contributed by atoms with van der Waals surface area (Å²) in [6.45, 7) is 5.75. The summed E-state index contributed by atoms with van der Waals surface area (Å²) >= 11 is 6.12. The fraction of sp³-hybridized carbons (Fsp3) is 0.625. The number of hydrogen-bond donors (Lipinski definition) is 0. The molecule has 2 rings (SSSR count). The van der Waals surface area contributed by atoms with Gasteiger partial charge in [-0.05, 0) is 5.92 Å². The second-order valence-electron chi connectivity index (χ2n) is 5.76. The van der Waals surface area contributed by atoms with Gasteiger partial charge in [-0.2, -0.15) is 0 Å². The number of carbonyl (C=O) groups excluding carboxylic acids is 1. The Kier molecular flexibility index (Phi) is 6.03. The molecule has 1 aliphatic rings. The van der Waals surface area contributed by atoms with Crippen molar-refractivity contribution < 1.29 is 19.0 Å². The largest absolute Gasteiger partial charge is 0.491 e. The van der Waals surface area contributed by atoms with Crippen LogP contribution in [0.1, 0.15) is 37.2 Å². The zero-order valence-electron chi connectivity index (χ0n) is 13.2. The van der Waals surface area contributed by atoms with Crippen molar-refractivity contribution in [3.8, 4) is 11.5 Å². The van der Waals surface area contributed by atoms with Gasteiger partial charge < -0.3 is 14.2 Å². The van der Waals surface area contributed by atoms with Gasteiger partial charge in [-0.15, -0.1) is 0 Å². The van der Waals surface area contributed by atoms with E-state index < -0.39 is 0 Å². The number of halogens is 1. The van der Waals surface area contributed by atoms with Crippen LogP contribution in [0.3, 0.4) is 0 Å². The van der Waals surface area contributed by atoms with Crippen LogP contribution in [0.4, 0.5) is 0 Å². The van der Waals surface area contributed by atoms with Gasteiger partial charge in [-0.3, -0.25) is 4.79 Å². The first-order chi connectivity index (χ1) is 10.5. The standard InChI is InChI=1S/C16H22ClNO4/c1-10(2)11-7-12(19)15-13(22-9-11)8-14(16(17)18-15)21-6-4-5-20-3/h8,10-11H,4-7,9H2,1-3H3. The molecule has 2 heterocycles. The highest BCUT2D eigenvalue weighted by molar-refractivity contribution is 6.31. The zero-order valence-corrected chi connectivity index (χ0v) is 14.0. The molecule has 0 aromatic carbocycles. The summed E-state index contributed by atoms with van der Waals surface area (Å²) in [7, 11) is 1.64. The first-order valence-electron chi connectivity index (χ1n) is 7.51. The smallest absolute Gasteiger partial charge is 0.185 e. The van der Waals surface area contributed by atoms with Crippen LogP contribution in [-0.4, -0.2) is 37.7 Å². The first kappa shape index (κ1) is 17.0. The van der Waals surface area contributed by atoms with Gasteiger partial charge in [0.1, 0.15) is 5.69 Å². The third-order valence-electron chi connectivity index (χ3n) is 3.77. The number of ketones is 1. The number of ether oxygens (including phenoxy) is 3. The molecule has 0 spiro atoms. The summed E-state index contributed by atoms with van der Waals surface area (Å²) in [6, 6.07) is 1.66. The van der Waals surface area contributed by atoms with Crippen molar-refractivity contribution in [2.75, 3.05) is 26.9 Å². The second kappa shape index (κ2) is 7.79. The Bertz CT molecular complexity index is 533. The average molecular weight is 328 g/mol. The van der Waals surface area contributed by atoms with Crippen molar-refractivity contribution in [2.45, 2.75) is 26.7 Å². The zero-order chi connectivity index (χ0) is 16.1. The van der Waals surface area contributed by atoms with E-state index in [0.717, 1.165) is 6.42 Å². The summed E-state index contributed by atoms with van der Waals surface area (Å²) in [5.74, 6) is 1.43. The summed E-state index contributed by atoms with van der Waals surface area (Å²) in [5.41, 5.74) is 0.303. The normalized spacial score (nSPS) is 17.9. The lowest BCUT2D eigenvalue weighted by molar-refractivity contribution is 0.0941. The predicted molar refractivity (Wildman–Crippen MR) is 84.0 cm³/mol. The van der Waals surface area contributed by atoms with Crippen LogP contribution in [0.5, 0.6) is 11.5 Å². The monoisotopic (exact) mass is 327 g/mol. The number of fused-ring (bicyclic) bond motifs is 1. The van der Waals surface area contributed by atoms with E-state index in [-0.39, 0.29) is 16.9 Å². The molecule has 0 aliphatic carbocycles. The van der Waals surface area contributed by atoms with Gasteiger partial charge in [0.05, 0.1) is 13.2 Å². The molecule has 0 saturated heterocycles. The van der Waals surface area contributed by atoms with Gasteiger partial charge in [-0.1, -0.05) is 25.4 Å². The number of carbonyl (C=O) groups is 1. The lowest BCUT2D eigenvalue weighted by atomic mass is 9.91. The van der Waals surface area contributed by atoms with Crippen LogP contribution in [0, 0.1) is 11.8 Å². The number of Topliss-reactive ketones (excluding diaryl/α,β-unsaturated/α-hetero) is 1. The minimum Gasteiger partial charge on any atom is -0.491 e. The molecular weight excluding hydrogens is 306 g/mol. The number of aromatic nitrogens is 1. The molecule has 1 unspecified atom stereocenters. The Hall–Kier alpha value is -1.33. The Morgan fingerprint density at radius 2 is 2.23 bits per heavy atom. The van der Waals surface area contributed by atoms with Crippen LogP contribution in [0.2, 0.25) is 5.15 Å². The molecular formula is C16H22ClNO4. The summed E-state index contributed by atoms with van der Waals surface area (Å²) in [5, 5.41) is 0.191. The Morgan fingerprint density at radius 1 is 1.45 bits per heavy atom. The first-order valence-corrected chi connectivity index (χ1v) is 7.89. The van der Waals surface area contributed by atoms with Crippen molar-refractivity contribution in [3.63, 3.8) is 0 Å². The van der Waals surface area contributed by atoms with Crippen molar-refractivity contribution in [1.82, 2.24) is 4.98 Å². The molecule has 5 nitrogen and oxygen atoms in total. The lowest BCUT2D eigenvalue weighted by Crippen LogP contribution is -2.18. The van der Waals surface area contributed by atoms with E-state index in [2.05, 4.69) is 18.8 Å². The molecule has 0 amide bonds. The predicted octanol–water partition coefficient (Wildman–Crippen LogP) is 3.39. The Morgan fingerprint density at radius 3 is 2.91 bits per heavy atom. The maximum Gasteiger partial charge on any atom is 0.185 e. The van der Waals surface area contributed by atoms with E-state index in [0.29, 0.717) is 49.4 Å². The van der Waals surface area contributed by atoms with Gasteiger partial charge in [0.25, 0.3) is 0 Å². The van der Waals surface area contributed by atoms with Gasteiger partial charge >= 0.3 is 0 Å². The maximum absolute atomic E-state index is 12.3. The molecule has 1 aromatic heterocycles. The molecule has 0 saturated carbocycles. The quantitative estimate of drug-likeness (QED) is 0.592. The molecule has 0 bridgehead atoms. The van der Waals surface area contributed by atoms with Crippen LogP contribution < -0.4 is 9.47 Å². The molecule has 0 fully saturated rings. The highest BCUT2D eigenvalue weighted by atomic mass is 35.5. The molecule has 0 N–H and O–H groups in total. The maximum atomic E-state index is 12.3. The second-order valence-corrected chi connectivity index (χ2v) is 6.12. The van der Waals surface area contributed by atoms with E-state index >= 15 is 0 Å². The van der Waals surface area contributed by atoms with Crippen molar-refractivity contribution in [2.24, 2.45) is 11.8 Å². The minimum absolute atomic E-state index is 0.0287. The van der Waals surface area contributed by atoms with Gasteiger partial charge in [0.15, 0.2) is 22.4 Å². The van der Waals surface area contributed by atoms with E-state index in [9.17, 15) is 4.79 Å². The number of rotatable bonds is 6. The lowest BCUT2D eigenvalue weighted by Gasteiger charge is -2.16. The summed E-state index contributed by atoms with van der Waals surface area (Å²) in [4.78, 5) is 16.5. The van der Waals surface area contributed by atoms with Crippen molar-refractivity contribution in [3.05, 3.63) is 16.9 Å². The fourth-order valence-corrected chi connectivity index (χ4v) is 2.46. The molecule has 122 valence electrons.